The van der Waals surface area contributed by atoms with E-state index in [4.69, 9.17) is 0 Å². The van der Waals surface area contributed by atoms with Gasteiger partial charge >= 0.3 is 0 Å². The Morgan fingerprint density at radius 3 is 3.15 bits per heavy atom. The third-order valence-electron chi connectivity index (χ3n) is 2.46. The molecule has 0 atom stereocenters. The first-order chi connectivity index (χ1) is 6.42. The van der Waals surface area contributed by atoms with Crippen LogP contribution in [-0.4, -0.2) is 6.21 Å². The number of aliphatic imine (C=N–C) groups is 1. The highest BCUT2D eigenvalue weighted by Gasteiger charge is 2.15. The van der Waals surface area contributed by atoms with Gasteiger partial charge in [-0.25, -0.2) is 4.99 Å². The van der Waals surface area contributed by atoms with Crippen molar-refractivity contribution >= 4 is 6.21 Å². The minimum absolute atomic E-state index is 1.11. The SMILES string of the molecule is CCCCCC1=C2C=CC=C2[C]=N1. The van der Waals surface area contributed by atoms with Crippen molar-refractivity contribution in [1.82, 2.24) is 0 Å². The zero-order valence-corrected chi connectivity index (χ0v) is 8.01. The van der Waals surface area contributed by atoms with Gasteiger partial charge < -0.3 is 0 Å². The molecule has 67 valence electrons. The summed E-state index contributed by atoms with van der Waals surface area (Å²) in [5, 5.41) is 0. The maximum atomic E-state index is 4.30. The van der Waals surface area contributed by atoms with Crippen molar-refractivity contribution in [3.05, 3.63) is 35.1 Å². The lowest BCUT2D eigenvalue weighted by Crippen LogP contribution is -1.82. The minimum Gasteiger partial charge on any atom is -0.250 e. The molecule has 1 heteroatoms. The lowest BCUT2D eigenvalue weighted by Gasteiger charge is -1.99. The molecule has 0 aromatic rings. The molecule has 2 aliphatic rings. The van der Waals surface area contributed by atoms with Crippen LogP contribution in [0.25, 0.3) is 0 Å². The summed E-state index contributed by atoms with van der Waals surface area (Å²) in [6.45, 7) is 2.22. The number of fused-ring (bicyclic) bond motifs is 1. The number of unbranched alkanes of at least 4 members (excludes halogenated alkanes) is 2. The molecule has 0 aromatic carbocycles. The van der Waals surface area contributed by atoms with Gasteiger partial charge in [0.2, 0.25) is 0 Å². The van der Waals surface area contributed by atoms with Gasteiger partial charge in [0.1, 0.15) is 0 Å². The fraction of sp³-hybridized carbons (Fsp3) is 0.417. The molecule has 0 bridgehead atoms. The molecule has 1 heterocycles. The maximum Gasteiger partial charge on any atom is 0.0975 e. The van der Waals surface area contributed by atoms with Gasteiger partial charge in [0.05, 0.1) is 6.21 Å². The van der Waals surface area contributed by atoms with Gasteiger partial charge in [0.15, 0.2) is 0 Å². The highest BCUT2D eigenvalue weighted by molar-refractivity contribution is 5.92. The van der Waals surface area contributed by atoms with Crippen molar-refractivity contribution in [2.24, 2.45) is 4.99 Å². The quantitative estimate of drug-likeness (QED) is 0.577. The zero-order chi connectivity index (χ0) is 9.10. The molecule has 2 rings (SSSR count). The van der Waals surface area contributed by atoms with E-state index in [1.54, 1.807) is 0 Å². The summed E-state index contributed by atoms with van der Waals surface area (Å²) < 4.78 is 0. The normalized spacial score (nSPS) is 18.4. The fourth-order valence-corrected chi connectivity index (χ4v) is 1.69. The molecule has 0 N–H and O–H groups in total. The summed E-state index contributed by atoms with van der Waals surface area (Å²) >= 11 is 0. The molecule has 0 saturated carbocycles. The summed E-state index contributed by atoms with van der Waals surface area (Å²) in [6, 6.07) is 0. The lowest BCUT2D eigenvalue weighted by molar-refractivity contribution is 0.710. The van der Waals surface area contributed by atoms with Crippen molar-refractivity contribution in [2.75, 3.05) is 0 Å². The lowest BCUT2D eigenvalue weighted by atomic mass is 10.1. The largest absolute Gasteiger partial charge is 0.250 e. The molecule has 0 amide bonds. The highest BCUT2D eigenvalue weighted by Crippen LogP contribution is 2.29. The minimum atomic E-state index is 1.11. The third kappa shape index (κ3) is 1.64. The van der Waals surface area contributed by atoms with E-state index in [0.29, 0.717) is 0 Å². The van der Waals surface area contributed by atoms with E-state index in [0.717, 1.165) is 6.42 Å². The molecule has 13 heavy (non-hydrogen) atoms. The van der Waals surface area contributed by atoms with Crippen molar-refractivity contribution in [1.29, 1.82) is 0 Å². The predicted octanol–water partition coefficient (Wildman–Crippen LogP) is 3.28. The van der Waals surface area contributed by atoms with Crippen LogP contribution in [0, 0.1) is 0 Å². The van der Waals surface area contributed by atoms with Crippen LogP contribution in [0.1, 0.15) is 32.6 Å². The Morgan fingerprint density at radius 1 is 1.38 bits per heavy atom. The van der Waals surface area contributed by atoms with Crippen LogP contribution in [0.3, 0.4) is 0 Å². The van der Waals surface area contributed by atoms with Crippen molar-refractivity contribution in [3.8, 4) is 0 Å². The monoisotopic (exact) mass is 172 g/mol. The van der Waals surface area contributed by atoms with Gasteiger partial charge in [0.25, 0.3) is 0 Å². The maximum absolute atomic E-state index is 4.30. The second kappa shape index (κ2) is 3.73. The molecular weight excluding hydrogens is 158 g/mol. The van der Waals surface area contributed by atoms with Crippen molar-refractivity contribution in [2.45, 2.75) is 32.6 Å². The molecule has 1 radical (unpaired) electrons. The summed E-state index contributed by atoms with van der Waals surface area (Å²) in [4.78, 5) is 4.30. The van der Waals surface area contributed by atoms with E-state index in [2.05, 4.69) is 36.4 Å². The molecule has 0 aromatic heterocycles. The smallest absolute Gasteiger partial charge is 0.0975 e. The molecule has 0 saturated heterocycles. The fourth-order valence-electron chi connectivity index (χ4n) is 1.69. The first kappa shape index (κ1) is 8.49. The van der Waals surface area contributed by atoms with Gasteiger partial charge in [-0.2, -0.15) is 0 Å². The van der Waals surface area contributed by atoms with Gasteiger partial charge in [-0.15, -0.1) is 0 Å². The van der Waals surface area contributed by atoms with Crippen LogP contribution < -0.4 is 0 Å². The Bertz CT molecular complexity index is 316. The molecule has 0 fully saturated rings. The van der Waals surface area contributed by atoms with E-state index in [-0.39, 0.29) is 0 Å². The van der Waals surface area contributed by atoms with E-state index >= 15 is 0 Å². The topological polar surface area (TPSA) is 12.4 Å². The van der Waals surface area contributed by atoms with Gasteiger partial charge in [0, 0.05) is 16.8 Å². The van der Waals surface area contributed by atoms with Gasteiger partial charge in [-0.1, -0.05) is 38.0 Å². The number of hydrogen-bond acceptors (Lipinski definition) is 1. The zero-order valence-electron chi connectivity index (χ0n) is 8.01. The third-order valence-corrected chi connectivity index (χ3v) is 2.46. The van der Waals surface area contributed by atoms with Gasteiger partial charge in [-0.05, 0) is 12.8 Å². The van der Waals surface area contributed by atoms with E-state index in [9.17, 15) is 0 Å². The van der Waals surface area contributed by atoms with Crippen LogP contribution in [-0.2, 0) is 0 Å². The Labute approximate surface area is 79.6 Å². The highest BCUT2D eigenvalue weighted by atomic mass is 14.8. The summed E-state index contributed by atoms with van der Waals surface area (Å²) in [5.41, 5.74) is 3.70. The second-order valence-electron chi connectivity index (χ2n) is 3.48. The molecular formula is C12H14N. The number of allylic oxidation sites excluding steroid dienone is 6. The van der Waals surface area contributed by atoms with Crippen LogP contribution in [0.15, 0.2) is 40.1 Å². The van der Waals surface area contributed by atoms with Crippen LogP contribution >= 0.6 is 0 Å². The second-order valence-corrected chi connectivity index (χ2v) is 3.48. The Hall–Kier alpha value is -1.11. The average molecular weight is 172 g/mol. The van der Waals surface area contributed by atoms with E-state index in [1.807, 2.05) is 0 Å². The Morgan fingerprint density at radius 2 is 2.31 bits per heavy atom. The Kier molecular flexibility index (Phi) is 2.44. The van der Waals surface area contributed by atoms with Crippen LogP contribution in [0.2, 0.25) is 0 Å². The molecule has 0 unspecified atom stereocenters. The summed E-state index contributed by atoms with van der Waals surface area (Å²) in [7, 11) is 0. The number of rotatable bonds is 4. The standard InChI is InChI=1S/C12H14N/c1-2-3-4-8-12-11-7-5-6-10(11)9-13-12/h5-7H,2-4,8H2,1H3. The summed E-state index contributed by atoms with van der Waals surface area (Å²) in [6.07, 6.45) is 14.3. The molecule has 1 aliphatic heterocycles. The Balaban J connectivity index is 1.99. The summed E-state index contributed by atoms with van der Waals surface area (Å²) in [5.74, 6) is 0. The molecule has 1 aliphatic carbocycles. The first-order valence-corrected chi connectivity index (χ1v) is 5.00. The number of nitrogens with zero attached hydrogens (tertiary/aromatic N) is 1. The van der Waals surface area contributed by atoms with E-state index < -0.39 is 0 Å². The average Bonchev–Trinajstić information content (AvgIpc) is 2.68. The van der Waals surface area contributed by atoms with Crippen LogP contribution in [0.4, 0.5) is 0 Å². The van der Waals surface area contributed by atoms with Gasteiger partial charge in [-0.3, -0.25) is 0 Å². The predicted molar refractivity (Wildman–Crippen MR) is 55.8 cm³/mol. The molecule has 1 nitrogen and oxygen atoms in total. The van der Waals surface area contributed by atoms with Crippen molar-refractivity contribution < 1.29 is 0 Å². The number of hydrogen-bond donors (Lipinski definition) is 0. The van der Waals surface area contributed by atoms with Crippen LogP contribution in [0.5, 0.6) is 0 Å². The van der Waals surface area contributed by atoms with E-state index in [1.165, 1.54) is 36.1 Å². The first-order valence-electron chi connectivity index (χ1n) is 5.00. The molecule has 0 spiro atoms. The van der Waals surface area contributed by atoms with Crippen molar-refractivity contribution in [3.63, 3.8) is 0 Å².